The van der Waals surface area contributed by atoms with Crippen molar-refractivity contribution in [2.24, 2.45) is 4.99 Å². The Hall–Kier alpha value is -1.57. The Morgan fingerprint density at radius 2 is 2.05 bits per heavy atom. The van der Waals surface area contributed by atoms with Crippen LogP contribution in [-0.2, 0) is 6.42 Å². The summed E-state index contributed by atoms with van der Waals surface area (Å²) in [5.74, 6) is 1.01. The van der Waals surface area contributed by atoms with E-state index in [-0.39, 0.29) is 22.7 Å². The van der Waals surface area contributed by atoms with Gasteiger partial charge < -0.3 is 20.1 Å². The minimum atomic E-state index is -2.87. The number of aliphatic imine (C=N–C) groups is 1. The molecule has 1 aromatic carbocycles. The fourth-order valence-electron chi connectivity index (χ4n) is 1.67. The number of hydrogen-bond acceptors (Lipinski definition) is 3. The molecule has 2 N–H and O–H groups in total. The lowest BCUT2D eigenvalue weighted by Gasteiger charge is -2.12. The van der Waals surface area contributed by atoms with E-state index in [1.165, 1.54) is 13.2 Å². The van der Waals surface area contributed by atoms with Gasteiger partial charge in [0.15, 0.2) is 17.5 Å². The largest absolute Gasteiger partial charge is 0.493 e. The molecule has 0 aromatic heterocycles. The lowest BCUT2D eigenvalue weighted by atomic mass is 10.1. The van der Waals surface area contributed by atoms with Gasteiger partial charge >= 0.3 is 6.61 Å². The molecule has 120 valence electrons. The molecule has 21 heavy (non-hydrogen) atoms. The zero-order valence-electron chi connectivity index (χ0n) is 12.2. The molecule has 0 heterocycles. The highest BCUT2D eigenvalue weighted by Crippen LogP contribution is 2.29. The molecule has 1 aromatic rings. The molecule has 0 unspecified atom stereocenters. The van der Waals surface area contributed by atoms with E-state index in [9.17, 15) is 8.78 Å². The first-order valence-electron chi connectivity index (χ1n) is 6.10. The van der Waals surface area contributed by atoms with E-state index in [0.29, 0.717) is 24.7 Å². The summed E-state index contributed by atoms with van der Waals surface area (Å²) in [7, 11) is 4.87. The van der Waals surface area contributed by atoms with E-state index in [1.807, 2.05) is 0 Å². The first-order valence-corrected chi connectivity index (χ1v) is 6.10. The topological polar surface area (TPSA) is 54.9 Å². The van der Waals surface area contributed by atoms with Gasteiger partial charge in [0, 0.05) is 20.6 Å². The van der Waals surface area contributed by atoms with E-state index in [2.05, 4.69) is 20.4 Å². The molecule has 0 spiro atoms. The Balaban J connectivity index is 0.00000400. The molecule has 0 aliphatic carbocycles. The van der Waals surface area contributed by atoms with Gasteiger partial charge in [0.1, 0.15) is 0 Å². The van der Waals surface area contributed by atoms with Crippen LogP contribution in [0.3, 0.4) is 0 Å². The van der Waals surface area contributed by atoms with Gasteiger partial charge in [0.05, 0.1) is 7.11 Å². The van der Waals surface area contributed by atoms with Gasteiger partial charge in [-0.2, -0.15) is 8.78 Å². The van der Waals surface area contributed by atoms with Gasteiger partial charge in [-0.15, -0.1) is 17.0 Å². The molecule has 0 radical (unpaired) electrons. The zero-order chi connectivity index (χ0) is 15.0. The van der Waals surface area contributed by atoms with Crippen LogP contribution in [0.4, 0.5) is 8.78 Å². The lowest BCUT2D eigenvalue weighted by Crippen LogP contribution is -2.35. The minimum Gasteiger partial charge on any atom is -0.493 e. The van der Waals surface area contributed by atoms with Gasteiger partial charge in [-0.3, -0.25) is 4.99 Å². The van der Waals surface area contributed by atoms with Crippen molar-refractivity contribution in [1.29, 1.82) is 0 Å². The van der Waals surface area contributed by atoms with Crippen molar-refractivity contribution in [3.8, 4) is 11.5 Å². The van der Waals surface area contributed by atoms with E-state index in [1.54, 1.807) is 26.2 Å². The van der Waals surface area contributed by atoms with Gasteiger partial charge in [-0.05, 0) is 24.1 Å². The maximum absolute atomic E-state index is 12.2. The van der Waals surface area contributed by atoms with Crippen LogP contribution in [-0.4, -0.2) is 40.3 Å². The van der Waals surface area contributed by atoms with Crippen LogP contribution in [0, 0.1) is 0 Å². The summed E-state index contributed by atoms with van der Waals surface area (Å²) in [5, 5.41) is 6.00. The molecule has 8 heteroatoms. The third-order valence-corrected chi connectivity index (χ3v) is 2.61. The Morgan fingerprint density at radius 1 is 1.33 bits per heavy atom. The van der Waals surface area contributed by atoms with Crippen LogP contribution in [0.2, 0.25) is 0 Å². The Kier molecular flexibility index (Phi) is 9.44. The predicted molar refractivity (Wildman–Crippen MR) is 84.1 cm³/mol. The molecule has 0 saturated carbocycles. The number of ether oxygens (including phenoxy) is 2. The summed E-state index contributed by atoms with van der Waals surface area (Å²) in [4.78, 5) is 3.98. The molecule has 0 saturated heterocycles. The van der Waals surface area contributed by atoms with Crippen molar-refractivity contribution in [1.82, 2.24) is 10.6 Å². The van der Waals surface area contributed by atoms with E-state index in [4.69, 9.17) is 4.74 Å². The second-order valence-electron chi connectivity index (χ2n) is 3.86. The molecule has 5 nitrogen and oxygen atoms in total. The first-order chi connectivity index (χ1) is 9.60. The molecule has 0 amide bonds. The second kappa shape index (κ2) is 10.2. The Bertz CT molecular complexity index is 459. The maximum Gasteiger partial charge on any atom is 0.387 e. The van der Waals surface area contributed by atoms with Crippen molar-refractivity contribution < 1.29 is 18.3 Å². The van der Waals surface area contributed by atoms with Gasteiger partial charge in [-0.1, -0.05) is 6.07 Å². The number of halogens is 3. The van der Waals surface area contributed by atoms with Crippen LogP contribution < -0.4 is 20.1 Å². The van der Waals surface area contributed by atoms with Gasteiger partial charge in [-0.25, -0.2) is 0 Å². The molecular weight excluding hydrogens is 348 g/mol. The Morgan fingerprint density at radius 3 is 2.57 bits per heavy atom. The number of nitrogens with zero attached hydrogens (tertiary/aromatic N) is 1. The van der Waals surface area contributed by atoms with Crippen molar-refractivity contribution in [2.75, 3.05) is 27.7 Å². The van der Waals surface area contributed by atoms with Crippen molar-refractivity contribution >= 4 is 22.9 Å². The zero-order valence-corrected chi connectivity index (χ0v) is 13.9. The number of nitrogens with one attached hydrogen (secondary N) is 2. The van der Waals surface area contributed by atoms with Crippen molar-refractivity contribution in [2.45, 2.75) is 13.0 Å². The quantitative estimate of drug-likeness (QED) is 0.597. The molecule has 0 aliphatic heterocycles. The fraction of sp³-hybridized carbons (Fsp3) is 0.462. The highest BCUT2D eigenvalue weighted by Gasteiger charge is 2.10. The summed E-state index contributed by atoms with van der Waals surface area (Å²) in [6.45, 7) is -2.21. The number of hydrogen-bond donors (Lipinski definition) is 2. The number of guanidine groups is 1. The molecule has 0 aliphatic rings. The highest BCUT2D eigenvalue weighted by molar-refractivity contribution is 8.93. The normalized spacial score (nSPS) is 10.9. The first kappa shape index (κ1) is 19.4. The SMILES string of the molecule is Br.CN=C(NC)NCCc1ccc(OC(F)F)c(OC)c1. The monoisotopic (exact) mass is 367 g/mol. The molecular formula is C13H20BrF2N3O2. The minimum absolute atomic E-state index is 0. The molecule has 0 bridgehead atoms. The van der Waals surface area contributed by atoms with Gasteiger partial charge in [0.25, 0.3) is 0 Å². The third kappa shape index (κ3) is 6.61. The van der Waals surface area contributed by atoms with E-state index < -0.39 is 6.61 Å². The highest BCUT2D eigenvalue weighted by atomic mass is 79.9. The standard InChI is InChI=1S/C13H19F2N3O2.BrH/c1-16-13(17-2)18-7-6-9-4-5-10(20-12(14)15)11(8-9)19-3;/h4-5,8,12H,6-7H2,1-3H3,(H2,16,17,18);1H. The number of rotatable bonds is 6. The van der Waals surface area contributed by atoms with Crippen LogP contribution in [0.15, 0.2) is 23.2 Å². The maximum atomic E-state index is 12.2. The van der Waals surface area contributed by atoms with Crippen LogP contribution >= 0.6 is 17.0 Å². The fourth-order valence-corrected chi connectivity index (χ4v) is 1.67. The van der Waals surface area contributed by atoms with Crippen LogP contribution in [0.25, 0.3) is 0 Å². The molecule has 0 fully saturated rings. The third-order valence-electron chi connectivity index (χ3n) is 2.61. The summed E-state index contributed by atoms with van der Waals surface area (Å²) in [6.07, 6.45) is 0.700. The smallest absolute Gasteiger partial charge is 0.387 e. The molecule has 1 rings (SSSR count). The number of benzene rings is 1. The van der Waals surface area contributed by atoms with Crippen LogP contribution in [0.1, 0.15) is 5.56 Å². The Labute approximate surface area is 133 Å². The van der Waals surface area contributed by atoms with E-state index in [0.717, 1.165) is 5.56 Å². The average molecular weight is 368 g/mol. The van der Waals surface area contributed by atoms with Crippen molar-refractivity contribution in [3.63, 3.8) is 0 Å². The number of alkyl halides is 2. The number of methoxy groups -OCH3 is 1. The van der Waals surface area contributed by atoms with Gasteiger partial charge in [0.2, 0.25) is 0 Å². The molecule has 0 atom stereocenters. The summed E-state index contributed by atoms with van der Waals surface area (Å²) in [6, 6.07) is 4.89. The predicted octanol–water partition coefficient (Wildman–Crippen LogP) is 2.21. The lowest BCUT2D eigenvalue weighted by molar-refractivity contribution is -0.0512. The average Bonchev–Trinajstić information content (AvgIpc) is 2.44. The second-order valence-corrected chi connectivity index (χ2v) is 3.86. The van der Waals surface area contributed by atoms with E-state index >= 15 is 0 Å². The summed E-state index contributed by atoms with van der Waals surface area (Å²) >= 11 is 0. The van der Waals surface area contributed by atoms with Crippen LogP contribution in [0.5, 0.6) is 11.5 Å². The van der Waals surface area contributed by atoms with Crippen molar-refractivity contribution in [3.05, 3.63) is 23.8 Å². The summed E-state index contributed by atoms with van der Waals surface area (Å²) in [5.41, 5.74) is 0.947. The summed E-state index contributed by atoms with van der Waals surface area (Å²) < 4.78 is 33.8.